The molecule has 1 amide bonds. The number of rotatable bonds is 4. The van der Waals surface area contributed by atoms with Gasteiger partial charge in [-0.2, -0.15) is 5.10 Å². The quantitative estimate of drug-likeness (QED) is 0.708. The molecule has 8 heteroatoms. The number of para-hydroxylation sites is 1. The number of aromatic nitrogens is 4. The second kappa shape index (κ2) is 7.14. The van der Waals surface area contributed by atoms with Crippen LogP contribution in [0.4, 0.5) is 4.39 Å². The number of carbonyl (C=O) groups is 1. The van der Waals surface area contributed by atoms with Gasteiger partial charge in [-0.25, -0.2) is 19.0 Å². The Morgan fingerprint density at radius 3 is 2.67 bits per heavy atom. The van der Waals surface area contributed by atoms with Gasteiger partial charge in [0.2, 0.25) is 0 Å². The molecule has 1 aromatic carbocycles. The summed E-state index contributed by atoms with van der Waals surface area (Å²) in [5, 5.41) is 4.36. The Hall–Kier alpha value is -3.29. The molecule has 0 saturated carbocycles. The molecule has 138 valence electrons. The largest absolute Gasteiger partial charge is 0.458 e. The number of amides is 1. The number of benzene rings is 1. The third-order valence-electron chi connectivity index (χ3n) is 4.54. The molecule has 1 atom stereocenters. The van der Waals surface area contributed by atoms with Crippen LogP contribution < -0.4 is 4.74 Å². The van der Waals surface area contributed by atoms with Crippen LogP contribution in [0, 0.1) is 12.7 Å². The monoisotopic (exact) mass is 367 g/mol. The summed E-state index contributed by atoms with van der Waals surface area (Å²) in [7, 11) is 0. The fourth-order valence-electron chi connectivity index (χ4n) is 3.14. The van der Waals surface area contributed by atoms with Gasteiger partial charge in [0.25, 0.3) is 5.91 Å². The maximum absolute atomic E-state index is 12.9. The van der Waals surface area contributed by atoms with Gasteiger partial charge >= 0.3 is 6.01 Å². The molecule has 0 spiro atoms. The first-order valence-corrected chi connectivity index (χ1v) is 8.65. The lowest BCUT2D eigenvalue weighted by Crippen LogP contribution is -2.31. The second-order valence-corrected chi connectivity index (χ2v) is 6.35. The van der Waals surface area contributed by atoms with Crippen molar-refractivity contribution in [2.75, 3.05) is 13.1 Å². The Morgan fingerprint density at radius 1 is 1.19 bits per heavy atom. The summed E-state index contributed by atoms with van der Waals surface area (Å²) in [5.41, 5.74) is 2.26. The van der Waals surface area contributed by atoms with Crippen LogP contribution in [0.1, 0.15) is 22.5 Å². The molecular formula is C19H18FN5O2. The molecular weight excluding hydrogens is 349 g/mol. The van der Waals surface area contributed by atoms with E-state index in [-0.39, 0.29) is 18.0 Å². The first-order chi connectivity index (χ1) is 13.1. The Balaban J connectivity index is 1.45. The number of ether oxygens (including phenoxy) is 1. The zero-order valence-electron chi connectivity index (χ0n) is 14.7. The first kappa shape index (κ1) is 17.1. The average molecular weight is 367 g/mol. The van der Waals surface area contributed by atoms with E-state index in [1.165, 1.54) is 0 Å². The Bertz CT molecular complexity index is 942. The van der Waals surface area contributed by atoms with Gasteiger partial charge in [-0.3, -0.25) is 4.79 Å². The molecule has 0 N–H and O–H groups in total. The highest BCUT2D eigenvalue weighted by atomic mass is 19.1. The SMILES string of the molecule is Cc1c(C(=O)N2CCC(Oc3ncc(F)cn3)C2)cnn1-c1ccccc1. The van der Waals surface area contributed by atoms with E-state index in [0.29, 0.717) is 25.1 Å². The highest BCUT2D eigenvalue weighted by Crippen LogP contribution is 2.20. The maximum atomic E-state index is 12.9. The van der Waals surface area contributed by atoms with Crippen LogP contribution in [0.25, 0.3) is 5.69 Å². The fourth-order valence-corrected chi connectivity index (χ4v) is 3.14. The van der Waals surface area contributed by atoms with Crippen molar-refractivity contribution in [1.82, 2.24) is 24.6 Å². The molecule has 0 bridgehead atoms. The number of nitrogens with zero attached hydrogens (tertiary/aromatic N) is 5. The standard InChI is InChI=1S/C19H18FN5O2/c1-13-17(11-23-25(13)15-5-3-2-4-6-15)18(26)24-8-7-16(12-24)27-19-21-9-14(20)10-22-19/h2-6,9-11,16H,7-8,12H2,1H3. The first-order valence-electron chi connectivity index (χ1n) is 8.65. The van der Waals surface area contributed by atoms with E-state index in [9.17, 15) is 9.18 Å². The van der Waals surface area contributed by atoms with Crippen molar-refractivity contribution in [3.63, 3.8) is 0 Å². The number of halogens is 1. The second-order valence-electron chi connectivity index (χ2n) is 6.35. The summed E-state index contributed by atoms with van der Waals surface area (Å²) in [4.78, 5) is 22.2. The molecule has 1 unspecified atom stereocenters. The Labute approximate surface area is 155 Å². The fraction of sp³-hybridized carbons (Fsp3) is 0.263. The van der Waals surface area contributed by atoms with E-state index in [1.54, 1.807) is 15.8 Å². The number of hydrogen-bond donors (Lipinski definition) is 0. The van der Waals surface area contributed by atoms with Crippen molar-refractivity contribution >= 4 is 5.91 Å². The smallest absolute Gasteiger partial charge is 0.316 e. The molecule has 1 fully saturated rings. The Kier molecular flexibility index (Phi) is 4.53. The Morgan fingerprint density at radius 2 is 1.93 bits per heavy atom. The van der Waals surface area contributed by atoms with Gasteiger partial charge in [0, 0.05) is 13.0 Å². The lowest BCUT2D eigenvalue weighted by molar-refractivity contribution is 0.0769. The minimum atomic E-state index is -0.517. The van der Waals surface area contributed by atoms with Crippen molar-refractivity contribution < 1.29 is 13.9 Å². The van der Waals surface area contributed by atoms with Crippen LogP contribution in [-0.2, 0) is 0 Å². The van der Waals surface area contributed by atoms with Gasteiger partial charge < -0.3 is 9.64 Å². The average Bonchev–Trinajstić information content (AvgIpc) is 3.31. The van der Waals surface area contributed by atoms with E-state index in [0.717, 1.165) is 23.8 Å². The third-order valence-corrected chi connectivity index (χ3v) is 4.54. The molecule has 0 radical (unpaired) electrons. The predicted octanol–water partition coefficient (Wildman–Crippen LogP) is 2.40. The van der Waals surface area contributed by atoms with E-state index in [4.69, 9.17) is 4.74 Å². The minimum Gasteiger partial charge on any atom is -0.458 e. The molecule has 1 aliphatic heterocycles. The van der Waals surface area contributed by atoms with E-state index in [1.807, 2.05) is 37.3 Å². The van der Waals surface area contributed by atoms with Crippen molar-refractivity contribution in [2.45, 2.75) is 19.4 Å². The zero-order chi connectivity index (χ0) is 18.8. The van der Waals surface area contributed by atoms with Crippen LogP contribution in [0.2, 0.25) is 0 Å². The summed E-state index contributed by atoms with van der Waals surface area (Å²) < 4.78 is 20.3. The van der Waals surface area contributed by atoms with E-state index in [2.05, 4.69) is 15.1 Å². The molecule has 27 heavy (non-hydrogen) atoms. The van der Waals surface area contributed by atoms with Gasteiger partial charge in [-0.15, -0.1) is 0 Å². The van der Waals surface area contributed by atoms with Gasteiger partial charge in [-0.1, -0.05) is 18.2 Å². The summed E-state index contributed by atoms with van der Waals surface area (Å²) in [6.45, 7) is 2.87. The third kappa shape index (κ3) is 3.51. The van der Waals surface area contributed by atoms with E-state index < -0.39 is 5.82 Å². The molecule has 7 nitrogen and oxygen atoms in total. The van der Waals surface area contributed by atoms with Crippen LogP contribution in [0.15, 0.2) is 48.9 Å². The maximum Gasteiger partial charge on any atom is 0.316 e. The molecule has 4 rings (SSSR count). The minimum absolute atomic E-state index is 0.0826. The van der Waals surface area contributed by atoms with Crippen molar-refractivity contribution in [3.8, 4) is 11.7 Å². The van der Waals surface area contributed by atoms with Crippen molar-refractivity contribution in [3.05, 3.63) is 66.0 Å². The lowest BCUT2D eigenvalue weighted by atomic mass is 10.2. The number of likely N-dealkylation sites (tertiary alicyclic amines) is 1. The molecule has 0 aliphatic carbocycles. The van der Waals surface area contributed by atoms with Crippen molar-refractivity contribution in [1.29, 1.82) is 0 Å². The highest BCUT2D eigenvalue weighted by molar-refractivity contribution is 5.95. The van der Waals surface area contributed by atoms with Crippen LogP contribution >= 0.6 is 0 Å². The van der Waals surface area contributed by atoms with Gasteiger partial charge in [0.1, 0.15) is 6.10 Å². The topological polar surface area (TPSA) is 73.1 Å². The number of hydrogen-bond acceptors (Lipinski definition) is 5. The molecule has 3 heterocycles. The van der Waals surface area contributed by atoms with Crippen molar-refractivity contribution in [2.24, 2.45) is 0 Å². The summed E-state index contributed by atoms with van der Waals surface area (Å²) in [6.07, 6.45) is 4.16. The predicted molar refractivity (Wildman–Crippen MR) is 95.2 cm³/mol. The summed E-state index contributed by atoms with van der Waals surface area (Å²) >= 11 is 0. The molecule has 1 saturated heterocycles. The van der Waals surface area contributed by atoms with Gasteiger partial charge in [-0.05, 0) is 19.1 Å². The molecule has 1 aliphatic rings. The summed E-state index contributed by atoms with van der Waals surface area (Å²) in [6, 6.07) is 9.79. The van der Waals surface area contributed by atoms with Gasteiger partial charge in [0.15, 0.2) is 5.82 Å². The van der Waals surface area contributed by atoms with Crippen LogP contribution in [0.5, 0.6) is 6.01 Å². The van der Waals surface area contributed by atoms with Crippen LogP contribution in [-0.4, -0.2) is 49.7 Å². The lowest BCUT2D eigenvalue weighted by Gasteiger charge is -2.16. The normalized spacial score (nSPS) is 16.5. The molecule has 3 aromatic rings. The molecule has 2 aromatic heterocycles. The van der Waals surface area contributed by atoms with Crippen LogP contribution in [0.3, 0.4) is 0 Å². The zero-order valence-corrected chi connectivity index (χ0v) is 14.7. The number of carbonyl (C=O) groups excluding carboxylic acids is 1. The van der Waals surface area contributed by atoms with Gasteiger partial charge in [0.05, 0.1) is 42.1 Å². The highest BCUT2D eigenvalue weighted by Gasteiger charge is 2.30. The van der Waals surface area contributed by atoms with E-state index >= 15 is 0 Å². The summed E-state index contributed by atoms with van der Waals surface area (Å²) in [5.74, 6) is -0.600.